The molecule has 0 aromatic carbocycles. The zero-order valence-electron chi connectivity index (χ0n) is 7.14. The summed E-state index contributed by atoms with van der Waals surface area (Å²) in [6, 6.07) is 6.77. The van der Waals surface area contributed by atoms with Gasteiger partial charge in [0.15, 0.2) is 11.3 Å². The molecule has 0 spiro atoms. The SMILES string of the molecule is O.O=C(O)c1ccc2cccnc2n1. The summed E-state index contributed by atoms with van der Waals surface area (Å²) < 4.78 is 0. The van der Waals surface area contributed by atoms with Crippen LogP contribution in [0.2, 0.25) is 0 Å². The monoisotopic (exact) mass is 192 g/mol. The van der Waals surface area contributed by atoms with Crippen molar-refractivity contribution in [3.63, 3.8) is 0 Å². The first-order valence-electron chi connectivity index (χ1n) is 3.72. The van der Waals surface area contributed by atoms with E-state index in [-0.39, 0.29) is 11.2 Å². The van der Waals surface area contributed by atoms with Gasteiger partial charge in [0, 0.05) is 11.6 Å². The Labute approximate surface area is 79.4 Å². The van der Waals surface area contributed by atoms with E-state index in [0.717, 1.165) is 5.39 Å². The van der Waals surface area contributed by atoms with E-state index in [4.69, 9.17) is 5.11 Å². The molecule has 14 heavy (non-hydrogen) atoms. The van der Waals surface area contributed by atoms with E-state index in [1.165, 1.54) is 6.07 Å². The summed E-state index contributed by atoms with van der Waals surface area (Å²) in [6.07, 6.45) is 1.58. The van der Waals surface area contributed by atoms with Crippen molar-refractivity contribution in [2.75, 3.05) is 0 Å². The van der Waals surface area contributed by atoms with Crippen molar-refractivity contribution in [3.05, 3.63) is 36.2 Å². The van der Waals surface area contributed by atoms with Crippen LogP contribution in [0.5, 0.6) is 0 Å². The number of rotatable bonds is 1. The Morgan fingerprint density at radius 1 is 1.29 bits per heavy atom. The number of hydrogen-bond acceptors (Lipinski definition) is 3. The number of fused-ring (bicyclic) bond motifs is 1. The van der Waals surface area contributed by atoms with Gasteiger partial charge in [0.05, 0.1) is 0 Å². The van der Waals surface area contributed by atoms with Gasteiger partial charge in [-0.15, -0.1) is 0 Å². The van der Waals surface area contributed by atoms with Crippen LogP contribution in [0.25, 0.3) is 11.0 Å². The predicted octanol–water partition coefficient (Wildman–Crippen LogP) is 0.503. The van der Waals surface area contributed by atoms with Crippen LogP contribution in [0.15, 0.2) is 30.5 Å². The van der Waals surface area contributed by atoms with Crippen LogP contribution >= 0.6 is 0 Å². The average molecular weight is 192 g/mol. The second-order valence-corrected chi connectivity index (χ2v) is 2.55. The summed E-state index contributed by atoms with van der Waals surface area (Å²) in [5.41, 5.74) is 0.480. The smallest absolute Gasteiger partial charge is 0.354 e. The summed E-state index contributed by atoms with van der Waals surface area (Å²) >= 11 is 0. The van der Waals surface area contributed by atoms with Gasteiger partial charge in [-0.3, -0.25) is 0 Å². The lowest BCUT2D eigenvalue weighted by Crippen LogP contribution is -2.00. The Morgan fingerprint density at radius 2 is 2.07 bits per heavy atom. The summed E-state index contributed by atoms with van der Waals surface area (Å²) in [4.78, 5) is 18.4. The fraction of sp³-hybridized carbons (Fsp3) is 0. The quantitative estimate of drug-likeness (QED) is 0.711. The highest BCUT2D eigenvalue weighted by molar-refractivity contribution is 5.88. The van der Waals surface area contributed by atoms with Gasteiger partial charge in [0.25, 0.3) is 0 Å². The van der Waals surface area contributed by atoms with Crippen LogP contribution in [0.1, 0.15) is 10.5 Å². The normalized spacial score (nSPS) is 9.43. The van der Waals surface area contributed by atoms with Crippen LogP contribution in [0.3, 0.4) is 0 Å². The lowest BCUT2D eigenvalue weighted by atomic mass is 10.2. The molecule has 0 saturated heterocycles. The van der Waals surface area contributed by atoms with Crippen molar-refractivity contribution in [2.24, 2.45) is 0 Å². The second kappa shape index (κ2) is 3.80. The lowest BCUT2D eigenvalue weighted by Gasteiger charge is -1.96. The molecule has 0 atom stereocenters. The molecule has 0 aliphatic carbocycles. The highest BCUT2D eigenvalue weighted by atomic mass is 16.4. The van der Waals surface area contributed by atoms with Crippen molar-refractivity contribution in [3.8, 4) is 0 Å². The molecule has 3 N–H and O–H groups in total. The number of pyridine rings is 2. The Hall–Kier alpha value is -2.01. The maximum atomic E-state index is 10.6. The predicted molar refractivity (Wildman–Crippen MR) is 50.1 cm³/mol. The molecule has 5 heteroatoms. The topological polar surface area (TPSA) is 94.6 Å². The van der Waals surface area contributed by atoms with Crippen LogP contribution in [-0.4, -0.2) is 26.5 Å². The number of nitrogens with zero attached hydrogens (tertiary/aromatic N) is 2. The van der Waals surface area contributed by atoms with E-state index in [2.05, 4.69) is 9.97 Å². The summed E-state index contributed by atoms with van der Waals surface area (Å²) in [5.74, 6) is -1.03. The van der Waals surface area contributed by atoms with Gasteiger partial charge in [-0.05, 0) is 24.3 Å². The van der Waals surface area contributed by atoms with Crippen molar-refractivity contribution in [1.29, 1.82) is 0 Å². The fourth-order valence-electron chi connectivity index (χ4n) is 1.07. The minimum Gasteiger partial charge on any atom is -0.477 e. The maximum absolute atomic E-state index is 10.6. The molecule has 72 valence electrons. The van der Waals surface area contributed by atoms with Gasteiger partial charge in [0.2, 0.25) is 0 Å². The molecule has 5 nitrogen and oxygen atoms in total. The molecule has 0 bridgehead atoms. The van der Waals surface area contributed by atoms with E-state index in [1.807, 2.05) is 6.07 Å². The molecule has 0 saturated carbocycles. The van der Waals surface area contributed by atoms with Gasteiger partial charge >= 0.3 is 5.97 Å². The number of aromatic carboxylic acids is 1. The highest BCUT2D eigenvalue weighted by Gasteiger charge is 2.04. The minimum atomic E-state index is -1.03. The third-order valence-corrected chi connectivity index (χ3v) is 1.68. The molecular weight excluding hydrogens is 184 g/mol. The summed E-state index contributed by atoms with van der Waals surface area (Å²) in [6.45, 7) is 0. The molecule has 2 heterocycles. The van der Waals surface area contributed by atoms with E-state index < -0.39 is 5.97 Å². The molecule has 0 aliphatic heterocycles. The zero-order valence-corrected chi connectivity index (χ0v) is 7.14. The van der Waals surface area contributed by atoms with Gasteiger partial charge in [0.1, 0.15) is 0 Å². The van der Waals surface area contributed by atoms with E-state index in [9.17, 15) is 4.79 Å². The number of carbonyl (C=O) groups is 1. The molecule has 0 aliphatic rings. The Bertz CT molecular complexity index is 470. The van der Waals surface area contributed by atoms with Crippen LogP contribution in [-0.2, 0) is 0 Å². The molecule has 0 fully saturated rings. The first-order valence-corrected chi connectivity index (χ1v) is 3.72. The van der Waals surface area contributed by atoms with E-state index in [1.54, 1.807) is 18.3 Å². The molecule has 0 radical (unpaired) electrons. The van der Waals surface area contributed by atoms with Crippen LogP contribution < -0.4 is 0 Å². The first kappa shape index (κ1) is 10.1. The van der Waals surface area contributed by atoms with E-state index >= 15 is 0 Å². The highest BCUT2D eigenvalue weighted by Crippen LogP contribution is 2.08. The van der Waals surface area contributed by atoms with Gasteiger partial charge < -0.3 is 10.6 Å². The molecule has 2 rings (SSSR count). The van der Waals surface area contributed by atoms with Gasteiger partial charge in [-0.25, -0.2) is 14.8 Å². The van der Waals surface area contributed by atoms with Crippen LogP contribution in [0.4, 0.5) is 0 Å². The molecule has 2 aromatic heterocycles. The minimum absolute atomic E-state index is 0. The maximum Gasteiger partial charge on any atom is 0.354 e. The number of hydrogen-bond donors (Lipinski definition) is 1. The van der Waals surface area contributed by atoms with Crippen molar-refractivity contribution in [1.82, 2.24) is 9.97 Å². The summed E-state index contributed by atoms with van der Waals surface area (Å²) in [5, 5.41) is 9.49. The van der Waals surface area contributed by atoms with E-state index in [0.29, 0.717) is 5.65 Å². The average Bonchev–Trinajstić information content (AvgIpc) is 2.17. The summed E-state index contributed by atoms with van der Waals surface area (Å²) in [7, 11) is 0. The fourth-order valence-corrected chi connectivity index (χ4v) is 1.07. The lowest BCUT2D eigenvalue weighted by molar-refractivity contribution is 0.0691. The number of carboxylic acids is 1. The first-order chi connectivity index (χ1) is 6.27. The Kier molecular flexibility index (Phi) is 2.73. The number of aromatic nitrogens is 2. The van der Waals surface area contributed by atoms with Gasteiger partial charge in [-0.1, -0.05) is 0 Å². The molecule has 0 unspecified atom stereocenters. The van der Waals surface area contributed by atoms with Crippen molar-refractivity contribution >= 4 is 17.0 Å². The Balaban J connectivity index is 0.000000980. The standard InChI is InChI=1S/C9H6N2O2.H2O/c12-9(13)7-4-3-6-2-1-5-10-8(6)11-7;/h1-5H,(H,12,13);1H2. The third kappa shape index (κ3) is 1.67. The van der Waals surface area contributed by atoms with Gasteiger partial charge in [-0.2, -0.15) is 0 Å². The van der Waals surface area contributed by atoms with Crippen molar-refractivity contribution < 1.29 is 15.4 Å². The zero-order chi connectivity index (χ0) is 9.26. The third-order valence-electron chi connectivity index (χ3n) is 1.68. The van der Waals surface area contributed by atoms with Crippen molar-refractivity contribution in [2.45, 2.75) is 0 Å². The molecule has 0 amide bonds. The van der Waals surface area contributed by atoms with Crippen LogP contribution in [0, 0.1) is 0 Å². The molecule has 2 aromatic rings. The molecular formula is C9H8N2O3. The largest absolute Gasteiger partial charge is 0.477 e. The Morgan fingerprint density at radius 3 is 2.79 bits per heavy atom. The second-order valence-electron chi connectivity index (χ2n) is 2.55. The number of carboxylic acid groups (broad SMARTS) is 1.